The third kappa shape index (κ3) is 5.38. The second kappa shape index (κ2) is 10.1. The highest BCUT2D eigenvalue weighted by Gasteiger charge is 2.31. The van der Waals surface area contributed by atoms with E-state index in [1.54, 1.807) is 11.8 Å². The second-order valence-corrected chi connectivity index (χ2v) is 10.7. The first-order chi connectivity index (χ1) is 15.1. The number of fused-ring (bicyclic) bond motifs is 3. The first-order valence-electron chi connectivity index (χ1n) is 10.8. The first-order valence-corrected chi connectivity index (χ1v) is 12.6. The van der Waals surface area contributed by atoms with Crippen molar-refractivity contribution in [2.24, 2.45) is 5.92 Å². The number of hydrogen-bond donors (Lipinski definition) is 1. The lowest BCUT2D eigenvalue weighted by Gasteiger charge is -2.34. The summed E-state index contributed by atoms with van der Waals surface area (Å²) in [7, 11) is -1.86. The van der Waals surface area contributed by atoms with Gasteiger partial charge in [0.1, 0.15) is 0 Å². The van der Waals surface area contributed by atoms with Crippen LogP contribution in [0.3, 0.4) is 0 Å². The number of sulfonamides is 1. The van der Waals surface area contributed by atoms with Gasteiger partial charge in [-0.15, -0.1) is 0 Å². The molecule has 7 nitrogen and oxygen atoms in total. The third-order valence-electron chi connectivity index (χ3n) is 6.10. The number of carbonyl (C=O) groups excluding carboxylic acids is 1. The minimum atomic E-state index is -3.39. The predicted octanol–water partition coefficient (Wildman–Crippen LogP) is 2.60. The van der Waals surface area contributed by atoms with Crippen molar-refractivity contribution in [3.05, 3.63) is 59.7 Å². The molecule has 1 N–H and O–H groups in total. The number of benzene rings is 2. The third-order valence-corrected chi connectivity index (χ3v) is 7.38. The van der Waals surface area contributed by atoms with Crippen molar-refractivity contribution in [3.8, 4) is 11.1 Å². The molecule has 3 rings (SSSR count). The molecule has 1 aliphatic heterocycles. The van der Waals surface area contributed by atoms with Gasteiger partial charge in [-0.3, -0.25) is 4.79 Å². The Morgan fingerprint density at radius 3 is 2.34 bits per heavy atom. The molecule has 1 amide bonds. The Hall–Kier alpha value is -2.26. The number of hydrogen-bond acceptors (Lipinski definition) is 5. The van der Waals surface area contributed by atoms with Crippen molar-refractivity contribution in [3.63, 3.8) is 0 Å². The average molecular weight is 461 g/mol. The summed E-state index contributed by atoms with van der Waals surface area (Å²) in [5.41, 5.74) is 3.21. The van der Waals surface area contributed by atoms with Crippen LogP contribution in [0.25, 0.3) is 11.1 Å². The summed E-state index contributed by atoms with van der Waals surface area (Å²) in [5.74, 6) is -0.338. The van der Waals surface area contributed by atoms with Crippen LogP contribution in [0.5, 0.6) is 0 Å². The molecule has 0 fully saturated rings. The molecule has 1 heterocycles. The highest BCUT2D eigenvalue weighted by molar-refractivity contribution is 7.88. The fourth-order valence-electron chi connectivity index (χ4n) is 3.94. The molecule has 0 aliphatic carbocycles. The first kappa shape index (κ1) is 24.4. The van der Waals surface area contributed by atoms with Gasteiger partial charge in [0.05, 0.1) is 31.6 Å². The Balaban J connectivity index is 2.11. The van der Waals surface area contributed by atoms with E-state index >= 15 is 0 Å². The molecule has 0 bridgehead atoms. The topological polar surface area (TPSA) is 87.2 Å². The van der Waals surface area contributed by atoms with E-state index in [-0.39, 0.29) is 25.0 Å². The van der Waals surface area contributed by atoms with Gasteiger partial charge in [-0.2, -0.15) is 0 Å². The van der Waals surface area contributed by atoms with Crippen molar-refractivity contribution < 1.29 is 23.1 Å². The standard InChI is InChI=1S/C24H32N2O5S/c1-17-13-26(18(2)15-27)24(28)22-12-8-7-11-21(22)20-10-6-5-9-19(20)16-31-23(17)14-25(3)32(4,29)30/h5-12,17-18,23,27H,13-16H2,1-4H3/t17-,18+,23-/m1/s1. The van der Waals surface area contributed by atoms with E-state index in [1.807, 2.05) is 55.5 Å². The number of likely N-dealkylation sites (N-methyl/N-ethyl adjacent to an activating group) is 1. The van der Waals surface area contributed by atoms with Crippen LogP contribution in [0, 0.1) is 5.92 Å². The van der Waals surface area contributed by atoms with E-state index in [1.165, 1.54) is 17.6 Å². The maximum atomic E-state index is 13.7. The highest BCUT2D eigenvalue weighted by Crippen LogP contribution is 2.31. The van der Waals surface area contributed by atoms with Crippen molar-refractivity contribution >= 4 is 15.9 Å². The fraction of sp³-hybridized carbons (Fsp3) is 0.458. The maximum Gasteiger partial charge on any atom is 0.254 e. The van der Waals surface area contributed by atoms with Crippen LogP contribution in [0.4, 0.5) is 0 Å². The normalized spacial score (nSPS) is 20.9. The molecular weight excluding hydrogens is 428 g/mol. The van der Waals surface area contributed by atoms with Crippen LogP contribution in [0.2, 0.25) is 0 Å². The van der Waals surface area contributed by atoms with Crippen LogP contribution >= 0.6 is 0 Å². The Kier molecular flexibility index (Phi) is 7.71. The molecule has 0 saturated heterocycles. The molecule has 2 aromatic carbocycles. The van der Waals surface area contributed by atoms with Crippen LogP contribution in [0.1, 0.15) is 29.8 Å². The van der Waals surface area contributed by atoms with Crippen LogP contribution in [0.15, 0.2) is 48.5 Å². The van der Waals surface area contributed by atoms with Crippen molar-refractivity contribution in [1.29, 1.82) is 0 Å². The zero-order chi connectivity index (χ0) is 23.5. The molecular formula is C24H32N2O5S. The Morgan fingerprint density at radius 2 is 1.72 bits per heavy atom. The predicted molar refractivity (Wildman–Crippen MR) is 125 cm³/mol. The lowest BCUT2D eigenvalue weighted by Crippen LogP contribution is -2.47. The number of amides is 1. The lowest BCUT2D eigenvalue weighted by molar-refractivity contribution is -0.0145. The smallest absolute Gasteiger partial charge is 0.254 e. The van der Waals surface area contributed by atoms with Gasteiger partial charge in [0.15, 0.2) is 0 Å². The molecule has 174 valence electrons. The van der Waals surface area contributed by atoms with Gasteiger partial charge >= 0.3 is 0 Å². The number of aliphatic hydroxyl groups is 1. The summed E-state index contributed by atoms with van der Waals surface area (Å²) < 4.78 is 31.6. The summed E-state index contributed by atoms with van der Waals surface area (Å²) in [6, 6.07) is 14.8. The van der Waals surface area contributed by atoms with E-state index < -0.39 is 22.2 Å². The molecule has 8 heteroatoms. The van der Waals surface area contributed by atoms with Gasteiger partial charge in [0.25, 0.3) is 5.91 Å². The van der Waals surface area contributed by atoms with E-state index in [4.69, 9.17) is 4.74 Å². The molecule has 3 atom stereocenters. The van der Waals surface area contributed by atoms with E-state index in [9.17, 15) is 18.3 Å². The minimum absolute atomic E-state index is 0.166. The second-order valence-electron chi connectivity index (χ2n) is 8.56. The van der Waals surface area contributed by atoms with Crippen LogP contribution < -0.4 is 0 Å². The Bertz CT molecular complexity index is 1060. The molecule has 0 aromatic heterocycles. The van der Waals surface area contributed by atoms with Crippen molar-refractivity contribution in [1.82, 2.24) is 9.21 Å². The Labute approximate surface area is 190 Å². The van der Waals surface area contributed by atoms with Gasteiger partial charge < -0.3 is 14.7 Å². The van der Waals surface area contributed by atoms with Gasteiger partial charge in [0, 0.05) is 31.6 Å². The summed E-state index contributed by atoms with van der Waals surface area (Å²) in [6.45, 7) is 4.37. The average Bonchev–Trinajstić information content (AvgIpc) is 2.79. The molecule has 32 heavy (non-hydrogen) atoms. The number of aliphatic hydroxyl groups excluding tert-OH is 1. The zero-order valence-corrected chi connectivity index (χ0v) is 19.9. The zero-order valence-electron chi connectivity index (χ0n) is 19.1. The molecule has 0 unspecified atom stereocenters. The molecule has 0 radical (unpaired) electrons. The highest BCUT2D eigenvalue weighted by atomic mass is 32.2. The summed E-state index contributed by atoms with van der Waals surface area (Å²) in [6.07, 6.45) is 0.726. The molecule has 2 aromatic rings. The van der Waals surface area contributed by atoms with Crippen molar-refractivity contribution in [2.75, 3.05) is 33.0 Å². The van der Waals surface area contributed by atoms with Crippen LogP contribution in [-0.2, 0) is 21.4 Å². The number of carbonyl (C=O) groups is 1. The molecule has 0 spiro atoms. The Morgan fingerprint density at radius 1 is 1.12 bits per heavy atom. The van der Waals surface area contributed by atoms with Crippen molar-refractivity contribution in [2.45, 2.75) is 32.6 Å². The number of ether oxygens (including phenoxy) is 1. The van der Waals surface area contributed by atoms with E-state index in [0.717, 1.165) is 16.7 Å². The SMILES string of the molecule is C[C@@H]1CN([C@@H](C)CO)C(=O)c2ccccc2-c2ccccc2CO[C@@H]1CN(C)S(C)(=O)=O. The largest absolute Gasteiger partial charge is 0.394 e. The summed E-state index contributed by atoms with van der Waals surface area (Å²) >= 11 is 0. The molecule has 0 saturated carbocycles. The number of rotatable bonds is 5. The monoisotopic (exact) mass is 460 g/mol. The number of nitrogens with zero attached hydrogens (tertiary/aromatic N) is 2. The summed E-state index contributed by atoms with van der Waals surface area (Å²) in [5, 5.41) is 9.85. The quantitative estimate of drug-likeness (QED) is 0.741. The fourth-order valence-corrected chi connectivity index (χ4v) is 4.36. The minimum Gasteiger partial charge on any atom is -0.394 e. The van der Waals surface area contributed by atoms with E-state index in [0.29, 0.717) is 18.7 Å². The van der Waals surface area contributed by atoms with Crippen LogP contribution in [-0.4, -0.2) is 73.8 Å². The van der Waals surface area contributed by atoms with Gasteiger partial charge in [-0.25, -0.2) is 12.7 Å². The van der Waals surface area contributed by atoms with Gasteiger partial charge in [0.2, 0.25) is 10.0 Å². The maximum absolute atomic E-state index is 13.7. The molecule has 1 aliphatic rings. The van der Waals surface area contributed by atoms with E-state index in [2.05, 4.69) is 0 Å². The summed E-state index contributed by atoms with van der Waals surface area (Å²) in [4.78, 5) is 15.3. The van der Waals surface area contributed by atoms with Gasteiger partial charge in [-0.05, 0) is 29.7 Å². The lowest BCUT2D eigenvalue weighted by atomic mass is 9.94. The van der Waals surface area contributed by atoms with Gasteiger partial charge in [-0.1, -0.05) is 49.4 Å².